The SMILES string of the molecule is C[C@H](C(=O)NCCCn1ccnc1)N(c1ccc2c(c1)OCCO2)S(C)(=O)=O. The molecule has 1 N–H and O–H groups in total. The molecule has 3 rings (SSSR count). The summed E-state index contributed by atoms with van der Waals surface area (Å²) < 4.78 is 38.8. The molecule has 152 valence electrons. The molecule has 1 aromatic heterocycles. The van der Waals surface area contributed by atoms with Crippen molar-refractivity contribution in [2.45, 2.75) is 25.9 Å². The van der Waals surface area contributed by atoms with Gasteiger partial charge in [-0.3, -0.25) is 9.10 Å². The van der Waals surface area contributed by atoms with Crippen LogP contribution in [0.1, 0.15) is 13.3 Å². The van der Waals surface area contributed by atoms with Gasteiger partial charge < -0.3 is 19.4 Å². The molecule has 1 amide bonds. The molecular weight excluding hydrogens is 384 g/mol. The van der Waals surface area contributed by atoms with Crippen LogP contribution >= 0.6 is 0 Å². The van der Waals surface area contributed by atoms with Crippen molar-refractivity contribution in [3.63, 3.8) is 0 Å². The molecule has 28 heavy (non-hydrogen) atoms. The van der Waals surface area contributed by atoms with Gasteiger partial charge in [0.2, 0.25) is 15.9 Å². The molecule has 0 aliphatic carbocycles. The number of nitrogens with one attached hydrogen (secondary N) is 1. The summed E-state index contributed by atoms with van der Waals surface area (Å²) in [6.45, 7) is 3.54. The lowest BCUT2D eigenvalue weighted by atomic mass is 10.2. The molecule has 10 heteroatoms. The molecule has 0 fully saturated rings. The molecule has 9 nitrogen and oxygen atoms in total. The lowest BCUT2D eigenvalue weighted by Gasteiger charge is -2.29. The molecule has 1 aliphatic rings. The number of rotatable bonds is 8. The van der Waals surface area contributed by atoms with Crippen molar-refractivity contribution in [1.29, 1.82) is 0 Å². The summed E-state index contributed by atoms with van der Waals surface area (Å²) in [6, 6.07) is 3.93. The van der Waals surface area contributed by atoms with E-state index in [0.29, 0.717) is 49.9 Å². The third-order valence-electron chi connectivity index (χ3n) is 4.32. The highest BCUT2D eigenvalue weighted by molar-refractivity contribution is 7.92. The predicted octanol–water partition coefficient (Wildman–Crippen LogP) is 1.02. The molecular formula is C18H24N4O5S. The Balaban J connectivity index is 1.68. The largest absolute Gasteiger partial charge is 0.486 e. The summed E-state index contributed by atoms with van der Waals surface area (Å²) >= 11 is 0. The normalized spacial score (nSPS) is 14.4. The standard InChI is InChI=1S/C18H24N4O5S/c1-14(18(23)20-6-3-8-21-9-7-19-13-21)22(28(2,24)25)15-4-5-16-17(12-15)27-11-10-26-16/h4-5,7,9,12-14H,3,6,8,10-11H2,1-2H3,(H,20,23)/t14-/m1/s1. The third kappa shape index (κ3) is 4.75. The fourth-order valence-electron chi connectivity index (χ4n) is 3.02. The summed E-state index contributed by atoms with van der Waals surface area (Å²) in [5.74, 6) is 0.649. The van der Waals surface area contributed by atoms with E-state index < -0.39 is 16.1 Å². The number of aryl methyl sites for hydroxylation is 1. The Morgan fingerprint density at radius 3 is 2.75 bits per heavy atom. The van der Waals surface area contributed by atoms with Gasteiger partial charge in [-0.2, -0.15) is 0 Å². The van der Waals surface area contributed by atoms with Crippen molar-refractivity contribution in [3.05, 3.63) is 36.9 Å². The van der Waals surface area contributed by atoms with Gasteiger partial charge in [0.15, 0.2) is 11.5 Å². The number of benzene rings is 1. The minimum atomic E-state index is -3.69. The highest BCUT2D eigenvalue weighted by Crippen LogP contribution is 2.35. The molecule has 2 heterocycles. The summed E-state index contributed by atoms with van der Waals surface area (Å²) in [5.41, 5.74) is 0.354. The molecule has 0 bridgehead atoms. The van der Waals surface area contributed by atoms with E-state index in [0.717, 1.165) is 10.6 Å². The van der Waals surface area contributed by atoms with Crippen LogP contribution < -0.4 is 19.1 Å². The van der Waals surface area contributed by atoms with E-state index in [1.807, 2.05) is 10.8 Å². The first kappa shape index (κ1) is 20.0. The van der Waals surface area contributed by atoms with Crippen molar-refractivity contribution in [3.8, 4) is 11.5 Å². The van der Waals surface area contributed by atoms with Crippen LogP contribution in [0.4, 0.5) is 5.69 Å². The maximum atomic E-state index is 12.6. The number of imidazole rings is 1. The molecule has 1 aliphatic heterocycles. The van der Waals surface area contributed by atoms with E-state index in [4.69, 9.17) is 9.47 Å². The van der Waals surface area contributed by atoms with E-state index in [1.165, 1.54) is 0 Å². The number of hydrogen-bond acceptors (Lipinski definition) is 6. The fourth-order valence-corrected chi connectivity index (χ4v) is 4.18. The third-order valence-corrected chi connectivity index (χ3v) is 5.56. The highest BCUT2D eigenvalue weighted by atomic mass is 32.2. The number of sulfonamides is 1. The number of carbonyl (C=O) groups is 1. The lowest BCUT2D eigenvalue weighted by molar-refractivity contribution is -0.121. The Labute approximate surface area is 164 Å². The zero-order chi connectivity index (χ0) is 20.1. The van der Waals surface area contributed by atoms with E-state index in [9.17, 15) is 13.2 Å². The first-order chi connectivity index (χ1) is 13.4. The van der Waals surface area contributed by atoms with Crippen LogP contribution in [-0.4, -0.2) is 55.9 Å². The zero-order valence-electron chi connectivity index (χ0n) is 15.9. The number of ether oxygens (including phenoxy) is 2. The number of fused-ring (bicyclic) bond motifs is 1. The van der Waals surface area contributed by atoms with Crippen LogP contribution in [0.3, 0.4) is 0 Å². The Morgan fingerprint density at radius 2 is 2.07 bits per heavy atom. The molecule has 2 aromatic rings. The van der Waals surface area contributed by atoms with E-state index in [1.54, 1.807) is 37.6 Å². The van der Waals surface area contributed by atoms with Crippen LogP contribution in [0, 0.1) is 0 Å². The number of nitrogens with zero attached hydrogens (tertiary/aromatic N) is 3. The van der Waals surface area contributed by atoms with Crippen molar-refractivity contribution in [2.75, 3.05) is 30.3 Å². The summed E-state index contributed by atoms with van der Waals surface area (Å²) in [5, 5.41) is 2.79. The van der Waals surface area contributed by atoms with Crippen molar-refractivity contribution in [1.82, 2.24) is 14.9 Å². The molecule has 0 saturated carbocycles. The quantitative estimate of drug-likeness (QED) is 0.654. The summed E-state index contributed by atoms with van der Waals surface area (Å²) in [6.07, 6.45) is 7.03. The Bertz CT molecular complexity index is 914. The second kappa shape index (κ2) is 8.51. The maximum absolute atomic E-state index is 12.6. The molecule has 0 spiro atoms. The molecule has 0 saturated heterocycles. The first-order valence-corrected chi connectivity index (χ1v) is 10.8. The highest BCUT2D eigenvalue weighted by Gasteiger charge is 2.30. The fraction of sp³-hybridized carbons (Fsp3) is 0.444. The molecule has 1 atom stereocenters. The topological polar surface area (TPSA) is 103 Å². The minimum absolute atomic E-state index is 0.354. The predicted molar refractivity (Wildman–Crippen MR) is 104 cm³/mol. The minimum Gasteiger partial charge on any atom is -0.486 e. The average Bonchev–Trinajstić information content (AvgIpc) is 3.17. The Hall–Kier alpha value is -2.75. The van der Waals surface area contributed by atoms with Crippen LogP contribution in [0.5, 0.6) is 11.5 Å². The summed E-state index contributed by atoms with van der Waals surface area (Å²) in [4.78, 5) is 16.5. The number of carbonyl (C=O) groups excluding carboxylic acids is 1. The van der Waals surface area contributed by atoms with E-state index in [2.05, 4.69) is 10.3 Å². The zero-order valence-corrected chi connectivity index (χ0v) is 16.7. The lowest BCUT2D eigenvalue weighted by Crippen LogP contribution is -2.48. The Kier molecular flexibility index (Phi) is 6.08. The number of anilines is 1. The van der Waals surface area contributed by atoms with Gasteiger partial charge in [-0.1, -0.05) is 0 Å². The van der Waals surface area contributed by atoms with Gasteiger partial charge in [0, 0.05) is 31.5 Å². The number of hydrogen-bond donors (Lipinski definition) is 1. The average molecular weight is 408 g/mol. The maximum Gasteiger partial charge on any atom is 0.243 e. The van der Waals surface area contributed by atoms with Crippen LogP contribution in [0.2, 0.25) is 0 Å². The van der Waals surface area contributed by atoms with Gasteiger partial charge in [-0.25, -0.2) is 13.4 Å². The van der Waals surface area contributed by atoms with Gasteiger partial charge in [-0.15, -0.1) is 0 Å². The second-order valence-corrected chi connectivity index (χ2v) is 8.37. The molecule has 0 radical (unpaired) electrons. The van der Waals surface area contributed by atoms with Crippen molar-refractivity contribution >= 4 is 21.6 Å². The first-order valence-electron chi connectivity index (χ1n) is 8.99. The smallest absolute Gasteiger partial charge is 0.243 e. The van der Waals surface area contributed by atoms with Gasteiger partial charge in [-0.05, 0) is 25.5 Å². The monoisotopic (exact) mass is 408 g/mol. The van der Waals surface area contributed by atoms with Crippen LogP contribution in [-0.2, 0) is 21.4 Å². The van der Waals surface area contributed by atoms with E-state index >= 15 is 0 Å². The van der Waals surface area contributed by atoms with Crippen LogP contribution in [0.25, 0.3) is 0 Å². The van der Waals surface area contributed by atoms with Crippen molar-refractivity contribution < 1.29 is 22.7 Å². The molecule has 1 aromatic carbocycles. The molecule has 0 unspecified atom stereocenters. The van der Waals surface area contributed by atoms with E-state index in [-0.39, 0.29) is 5.91 Å². The van der Waals surface area contributed by atoms with Crippen LogP contribution in [0.15, 0.2) is 36.9 Å². The van der Waals surface area contributed by atoms with Gasteiger partial charge in [0.25, 0.3) is 0 Å². The van der Waals surface area contributed by atoms with Gasteiger partial charge >= 0.3 is 0 Å². The second-order valence-electron chi connectivity index (χ2n) is 6.51. The van der Waals surface area contributed by atoms with Crippen molar-refractivity contribution in [2.24, 2.45) is 0 Å². The number of aromatic nitrogens is 2. The number of amides is 1. The summed E-state index contributed by atoms with van der Waals surface area (Å²) in [7, 11) is -3.69. The van der Waals surface area contributed by atoms with Gasteiger partial charge in [0.1, 0.15) is 19.3 Å². The Morgan fingerprint density at radius 1 is 1.32 bits per heavy atom. The van der Waals surface area contributed by atoms with Gasteiger partial charge in [0.05, 0.1) is 18.3 Å².